The normalized spacial score (nSPS) is 12.5. The van der Waals surface area contributed by atoms with E-state index in [1.807, 2.05) is 63.0 Å². The smallest absolute Gasteiger partial charge is 0.255 e. The summed E-state index contributed by atoms with van der Waals surface area (Å²) in [6.45, 7) is 3.82. The number of hydrogen-bond donors (Lipinski definition) is 2. The van der Waals surface area contributed by atoms with E-state index in [0.717, 1.165) is 22.2 Å². The van der Waals surface area contributed by atoms with Gasteiger partial charge in [-0.25, -0.2) is 0 Å². The molecule has 0 saturated heterocycles. The molecule has 0 fully saturated rings. The van der Waals surface area contributed by atoms with Gasteiger partial charge in [0, 0.05) is 38.0 Å². The maximum atomic E-state index is 12.4. The van der Waals surface area contributed by atoms with Crippen LogP contribution >= 0.6 is 0 Å². The predicted molar refractivity (Wildman–Crippen MR) is 92.9 cm³/mol. The Labute approximate surface area is 140 Å². The Morgan fingerprint density at radius 2 is 2.04 bits per heavy atom. The van der Waals surface area contributed by atoms with Crippen LogP contribution in [0, 0.1) is 13.8 Å². The topological polar surface area (TPSA) is 72.1 Å². The summed E-state index contributed by atoms with van der Waals surface area (Å²) in [6.07, 6.45) is 1.23. The summed E-state index contributed by atoms with van der Waals surface area (Å²) >= 11 is 0. The van der Waals surface area contributed by atoms with Crippen molar-refractivity contribution < 1.29 is 9.90 Å². The summed E-state index contributed by atoms with van der Waals surface area (Å²) in [6, 6.07) is 7.82. The van der Waals surface area contributed by atoms with Crippen molar-refractivity contribution in [3.8, 4) is 0 Å². The summed E-state index contributed by atoms with van der Waals surface area (Å²) in [5, 5.41) is 18.5. The van der Waals surface area contributed by atoms with E-state index in [9.17, 15) is 9.90 Å². The van der Waals surface area contributed by atoms with Crippen LogP contribution in [-0.4, -0.2) is 31.9 Å². The van der Waals surface area contributed by atoms with Crippen LogP contribution in [0.5, 0.6) is 0 Å². The number of aliphatic hydroxyl groups is 1. The maximum Gasteiger partial charge on any atom is 0.255 e. The number of hydrogen-bond acceptors (Lipinski definition) is 3. The second kappa shape index (κ2) is 6.13. The Morgan fingerprint density at radius 3 is 2.71 bits per heavy atom. The maximum absolute atomic E-state index is 12.4. The number of aliphatic hydroxyl groups excluding tert-OH is 1. The Bertz CT molecular complexity index is 907. The zero-order valence-corrected chi connectivity index (χ0v) is 14.4. The zero-order valence-electron chi connectivity index (χ0n) is 14.4. The zero-order chi connectivity index (χ0) is 17.4. The third-order valence-electron chi connectivity index (χ3n) is 4.49. The number of carbonyl (C=O) groups excluding carboxylic acids is 1. The Morgan fingerprint density at radius 1 is 1.29 bits per heavy atom. The Balaban J connectivity index is 1.72. The van der Waals surface area contributed by atoms with E-state index in [1.165, 1.54) is 0 Å². The third kappa shape index (κ3) is 2.80. The first kappa shape index (κ1) is 16.3. The Hall–Kier alpha value is -2.60. The summed E-state index contributed by atoms with van der Waals surface area (Å²) < 4.78 is 3.71. The van der Waals surface area contributed by atoms with E-state index in [2.05, 4.69) is 10.4 Å². The molecule has 1 atom stereocenters. The number of nitrogens with one attached hydrogen (secondary N) is 1. The first-order valence-corrected chi connectivity index (χ1v) is 7.90. The molecule has 3 aromatic rings. The highest BCUT2D eigenvalue weighted by Crippen LogP contribution is 2.21. The molecule has 1 amide bonds. The molecule has 0 aliphatic rings. The standard InChI is InChI=1S/C18H22N4O2/c1-11-17(12(2)22(4)20-11)18(24)19-10-16(23)14-5-6-15-13(9-14)7-8-21(15)3/h5-9,16,23H,10H2,1-4H3,(H,19,24)/t16-/m1/s1. The molecule has 2 N–H and O–H groups in total. The quantitative estimate of drug-likeness (QED) is 0.770. The molecular weight excluding hydrogens is 304 g/mol. The minimum absolute atomic E-state index is 0.158. The molecule has 0 aliphatic carbocycles. The largest absolute Gasteiger partial charge is 0.387 e. The first-order chi connectivity index (χ1) is 11.4. The lowest BCUT2D eigenvalue weighted by Crippen LogP contribution is -2.29. The van der Waals surface area contributed by atoms with E-state index in [0.29, 0.717) is 11.3 Å². The molecule has 126 valence electrons. The molecule has 0 spiro atoms. The Kier molecular flexibility index (Phi) is 4.15. The average molecular weight is 326 g/mol. The van der Waals surface area contributed by atoms with E-state index in [-0.39, 0.29) is 12.5 Å². The molecule has 2 heterocycles. The molecule has 6 nitrogen and oxygen atoms in total. The van der Waals surface area contributed by atoms with Crippen LogP contribution < -0.4 is 5.32 Å². The molecule has 0 aliphatic heterocycles. The lowest BCUT2D eigenvalue weighted by molar-refractivity contribution is 0.0915. The molecule has 0 bridgehead atoms. The summed E-state index contributed by atoms with van der Waals surface area (Å²) in [7, 11) is 3.79. The summed E-state index contributed by atoms with van der Waals surface area (Å²) in [5.74, 6) is -0.210. The van der Waals surface area contributed by atoms with Crippen LogP contribution in [0.25, 0.3) is 10.9 Å². The molecule has 24 heavy (non-hydrogen) atoms. The van der Waals surface area contributed by atoms with Gasteiger partial charge in [0.1, 0.15) is 0 Å². The van der Waals surface area contributed by atoms with Crippen LogP contribution in [0.2, 0.25) is 0 Å². The highest BCUT2D eigenvalue weighted by Gasteiger charge is 2.18. The van der Waals surface area contributed by atoms with Gasteiger partial charge in [0.2, 0.25) is 0 Å². The van der Waals surface area contributed by atoms with Crippen molar-refractivity contribution in [2.75, 3.05) is 6.54 Å². The van der Waals surface area contributed by atoms with Gasteiger partial charge in [0.15, 0.2) is 0 Å². The van der Waals surface area contributed by atoms with Gasteiger partial charge in [0.25, 0.3) is 5.91 Å². The minimum atomic E-state index is -0.754. The van der Waals surface area contributed by atoms with Crippen molar-refractivity contribution in [3.05, 3.63) is 53.0 Å². The van der Waals surface area contributed by atoms with Crippen LogP contribution in [0.4, 0.5) is 0 Å². The highest BCUT2D eigenvalue weighted by molar-refractivity contribution is 5.96. The SMILES string of the molecule is Cc1nn(C)c(C)c1C(=O)NC[C@@H](O)c1ccc2c(ccn2C)c1. The fourth-order valence-electron chi connectivity index (χ4n) is 3.01. The lowest BCUT2D eigenvalue weighted by atomic mass is 10.1. The van der Waals surface area contributed by atoms with Crippen molar-refractivity contribution in [1.82, 2.24) is 19.7 Å². The third-order valence-corrected chi connectivity index (χ3v) is 4.49. The van der Waals surface area contributed by atoms with Gasteiger partial charge in [-0.3, -0.25) is 9.48 Å². The van der Waals surface area contributed by atoms with Gasteiger partial charge in [0.05, 0.1) is 17.4 Å². The predicted octanol–water partition coefficient (Wildman–Crippen LogP) is 1.99. The van der Waals surface area contributed by atoms with Gasteiger partial charge in [-0.1, -0.05) is 6.07 Å². The van der Waals surface area contributed by atoms with Crippen molar-refractivity contribution >= 4 is 16.8 Å². The van der Waals surface area contributed by atoms with Crippen LogP contribution in [-0.2, 0) is 14.1 Å². The number of nitrogens with zero attached hydrogens (tertiary/aromatic N) is 3. The van der Waals surface area contributed by atoms with Crippen LogP contribution in [0.1, 0.15) is 33.4 Å². The highest BCUT2D eigenvalue weighted by atomic mass is 16.3. The van der Waals surface area contributed by atoms with Gasteiger partial charge in [-0.15, -0.1) is 0 Å². The van der Waals surface area contributed by atoms with Crippen molar-refractivity contribution in [1.29, 1.82) is 0 Å². The number of amides is 1. The fourth-order valence-corrected chi connectivity index (χ4v) is 3.01. The molecule has 0 radical (unpaired) electrons. The number of fused-ring (bicyclic) bond motifs is 1. The van der Waals surface area contributed by atoms with Crippen LogP contribution in [0.3, 0.4) is 0 Å². The van der Waals surface area contributed by atoms with E-state index in [4.69, 9.17) is 0 Å². The van der Waals surface area contributed by atoms with Crippen molar-refractivity contribution in [2.45, 2.75) is 20.0 Å². The van der Waals surface area contributed by atoms with Gasteiger partial charge in [-0.2, -0.15) is 5.10 Å². The molecular formula is C18H22N4O2. The number of carbonyl (C=O) groups is 1. The van der Waals surface area contributed by atoms with Crippen molar-refractivity contribution in [3.63, 3.8) is 0 Å². The van der Waals surface area contributed by atoms with Gasteiger partial charge in [-0.05, 0) is 43.0 Å². The molecule has 3 rings (SSSR count). The fraction of sp³-hybridized carbons (Fsp3) is 0.333. The molecule has 1 aromatic carbocycles. The monoisotopic (exact) mass is 326 g/mol. The first-order valence-electron chi connectivity index (χ1n) is 7.90. The number of rotatable bonds is 4. The van der Waals surface area contributed by atoms with E-state index in [1.54, 1.807) is 4.68 Å². The number of aryl methyl sites for hydroxylation is 3. The van der Waals surface area contributed by atoms with Crippen LogP contribution in [0.15, 0.2) is 30.5 Å². The molecule has 0 saturated carbocycles. The van der Waals surface area contributed by atoms with Gasteiger partial charge >= 0.3 is 0 Å². The number of aromatic nitrogens is 3. The molecule has 6 heteroatoms. The molecule has 2 aromatic heterocycles. The van der Waals surface area contributed by atoms with E-state index < -0.39 is 6.10 Å². The summed E-state index contributed by atoms with van der Waals surface area (Å²) in [4.78, 5) is 12.4. The molecule has 0 unspecified atom stereocenters. The second-order valence-electron chi connectivity index (χ2n) is 6.14. The van der Waals surface area contributed by atoms with Gasteiger partial charge < -0.3 is 15.0 Å². The van der Waals surface area contributed by atoms with E-state index >= 15 is 0 Å². The average Bonchev–Trinajstić information content (AvgIpc) is 3.04. The number of benzene rings is 1. The van der Waals surface area contributed by atoms with Crippen molar-refractivity contribution in [2.24, 2.45) is 14.1 Å². The second-order valence-corrected chi connectivity index (χ2v) is 6.14. The lowest BCUT2D eigenvalue weighted by Gasteiger charge is -2.13. The summed E-state index contributed by atoms with van der Waals surface area (Å²) in [5.41, 5.74) is 3.96. The minimum Gasteiger partial charge on any atom is -0.387 e.